The van der Waals surface area contributed by atoms with E-state index in [0.717, 1.165) is 16.8 Å². The second-order valence-corrected chi connectivity index (χ2v) is 7.59. The molecule has 0 bridgehead atoms. The molecule has 2 atom stereocenters. The molecule has 1 aromatic heterocycles. The van der Waals surface area contributed by atoms with Gasteiger partial charge in [-0.15, -0.1) is 11.3 Å². The van der Waals surface area contributed by atoms with Crippen LogP contribution in [0.2, 0.25) is 0 Å². The molecule has 0 aliphatic heterocycles. The van der Waals surface area contributed by atoms with E-state index in [1.54, 1.807) is 11.3 Å². The van der Waals surface area contributed by atoms with Gasteiger partial charge in [-0.25, -0.2) is 0 Å². The Kier molecular flexibility index (Phi) is 5.86. The molecule has 0 spiro atoms. The van der Waals surface area contributed by atoms with Gasteiger partial charge in [-0.3, -0.25) is 10.1 Å². The molecular weight excluding hydrogens is 340 g/mol. The number of amides is 1. The number of benzene rings is 2. The lowest BCUT2D eigenvalue weighted by Gasteiger charge is -2.23. The maximum atomic E-state index is 12.6. The number of hydrogen-bond donors (Lipinski definition) is 2. The molecule has 2 aromatic carbocycles. The van der Waals surface area contributed by atoms with Gasteiger partial charge in [0, 0.05) is 10.6 Å². The van der Waals surface area contributed by atoms with Gasteiger partial charge in [-0.05, 0) is 55.5 Å². The van der Waals surface area contributed by atoms with E-state index in [0.29, 0.717) is 0 Å². The Morgan fingerprint density at radius 3 is 2.38 bits per heavy atom. The van der Waals surface area contributed by atoms with Gasteiger partial charge in [0.15, 0.2) is 0 Å². The largest absolute Gasteiger partial charge is 0.325 e. The van der Waals surface area contributed by atoms with E-state index < -0.39 is 0 Å². The number of carbonyl (C=O) groups is 1. The van der Waals surface area contributed by atoms with Crippen molar-refractivity contribution in [1.29, 1.82) is 0 Å². The van der Waals surface area contributed by atoms with Crippen LogP contribution in [0.25, 0.3) is 0 Å². The summed E-state index contributed by atoms with van der Waals surface area (Å²) in [6.45, 7) is 6.00. The molecule has 0 radical (unpaired) electrons. The van der Waals surface area contributed by atoms with E-state index >= 15 is 0 Å². The summed E-state index contributed by atoms with van der Waals surface area (Å²) < 4.78 is 0. The van der Waals surface area contributed by atoms with Crippen LogP contribution < -0.4 is 10.6 Å². The SMILES string of the molecule is Cc1ccc([C@H](N[C@@H](C)C(=O)Nc2cccc(C)c2)c2cccs2)cc1. The molecule has 0 saturated carbocycles. The van der Waals surface area contributed by atoms with Crippen LogP contribution >= 0.6 is 11.3 Å². The first kappa shape index (κ1) is 18.4. The molecule has 2 N–H and O–H groups in total. The molecule has 134 valence electrons. The summed E-state index contributed by atoms with van der Waals surface area (Å²) in [5.74, 6) is -0.0377. The first-order valence-electron chi connectivity index (χ1n) is 8.76. The fourth-order valence-electron chi connectivity index (χ4n) is 2.86. The quantitative estimate of drug-likeness (QED) is 0.641. The van der Waals surface area contributed by atoms with Crippen LogP contribution in [0, 0.1) is 13.8 Å². The van der Waals surface area contributed by atoms with Crippen molar-refractivity contribution in [1.82, 2.24) is 5.32 Å². The number of anilines is 1. The maximum absolute atomic E-state index is 12.6. The molecule has 1 heterocycles. The molecule has 3 rings (SSSR count). The van der Waals surface area contributed by atoms with Crippen molar-refractivity contribution < 1.29 is 4.79 Å². The summed E-state index contributed by atoms with van der Waals surface area (Å²) in [6, 6.07) is 20.1. The highest BCUT2D eigenvalue weighted by molar-refractivity contribution is 7.10. The van der Waals surface area contributed by atoms with Crippen molar-refractivity contribution in [2.45, 2.75) is 32.9 Å². The summed E-state index contributed by atoms with van der Waals surface area (Å²) in [4.78, 5) is 13.8. The lowest BCUT2D eigenvalue weighted by atomic mass is 10.0. The van der Waals surface area contributed by atoms with E-state index in [4.69, 9.17) is 0 Å². The third-order valence-corrected chi connectivity index (χ3v) is 5.27. The second-order valence-electron chi connectivity index (χ2n) is 6.61. The zero-order valence-corrected chi connectivity index (χ0v) is 16.1. The van der Waals surface area contributed by atoms with Gasteiger partial charge in [-0.2, -0.15) is 0 Å². The Labute approximate surface area is 159 Å². The number of carbonyl (C=O) groups excluding carboxylic acids is 1. The number of nitrogens with one attached hydrogen (secondary N) is 2. The molecule has 0 unspecified atom stereocenters. The van der Waals surface area contributed by atoms with E-state index in [1.807, 2.05) is 44.2 Å². The summed E-state index contributed by atoms with van der Waals surface area (Å²) in [6.07, 6.45) is 0. The highest BCUT2D eigenvalue weighted by Crippen LogP contribution is 2.27. The minimum atomic E-state index is -0.330. The Morgan fingerprint density at radius 2 is 1.73 bits per heavy atom. The molecule has 0 aliphatic carbocycles. The minimum Gasteiger partial charge on any atom is -0.325 e. The van der Waals surface area contributed by atoms with Crippen molar-refractivity contribution in [3.8, 4) is 0 Å². The molecule has 0 saturated heterocycles. The van der Waals surface area contributed by atoms with Gasteiger partial charge in [0.1, 0.15) is 0 Å². The molecule has 0 aliphatic rings. The third kappa shape index (κ3) is 4.59. The molecule has 0 fully saturated rings. The van der Waals surface area contributed by atoms with E-state index in [-0.39, 0.29) is 18.0 Å². The molecule has 3 nitrogen and oxygen atoms in total. The Hall–Kier alpha value is -2.43. The zero-order chi connectivity index (χ0) is 18.5. The van der Waals surface area contributed by atoms with Crippen molar-refractivity contribution in [3.63, 3.8) is 0 Å². The smallest absolute Gasteiger partial charge is 0.241 e. The molecule has 3 aromatic rings. The topological polar surface area (TPSA) is 41.1 Å². The number of thiophene rings is 1. The standard InChI is InChI=1S/C22H24N2OS/c1-15-9-11-18(12-10-15)21(20-8-5-13-26-20)23-17(3)22(25)24-19-7-4-6-16(2)14-19/h4-14,17,21,23H,1-3H3,(H,24,25)/t17-,21-/m0/s1. The predicted octanol–water partition coefficient (Wildman–Crippen LogP) is 5.07. The Bertz CT molecular complexity index is 856. The fourth-order valence-corrected chi connectivity index (χ4v) is 3.67. The average molecular weight is 365 g/mol. The van der Waals surface area contributed by atoms with Crippen LogP contribution in [-0.2, 0) is 4.79 Å². The van der Waals surface area contributed by atoms with Gasteiger partial charge in [0.05, 0.1) is 12.1 Å². The van der Waals surface area contributed by atoms with Crippen LogP contribution in [0.4, 0.5) is 5.69 Å². The summed E-state index contributed by atoms with van der Waals surface area (Å²) in [5, 5.41) is 8.55. The molecule has 4 heteroatoms. The van der Waals surface area contributed by atoms with Crippen LogP contribution in [0.1, 0.15) is 34.5 Å². The maximum Gasteiger partial charge on any atom is 0.241 e. The normalized spacial score (nSPS) is 13.2. The van der Waals surface area contributed by atoms with E-state index in [1.165, 1.54) is 10.4 Å². The van der Waals surface area contributed by atoms with Crippen LogP contribution in [-0.4, -0.2) is 11.9 Å². The highest BCUT2D eigenvalue weighted by Gasteiger charge is 2.21. The van der Waals surface area contributed by atoms with E-state index in [2.05, 4.69) is 53.3 Å². The van der Waals surface area contributed by atoms with E-state index in [9.17, 15) is 4.79 Å². The van der Waals surface area contributed by atoms with Crippen molar-refractivity contribution in [2.24, 2.45) is 0 Å². The fraction of sp³-hybridized carbons (Fsp3) is 0.227. The van der Waals surface area contributed by atoms with Gasteiger partial charge < -0.3 is 5.32 Å². The minimum absolute atomic E-state index is 0.00569. The molecule has 26 heavy (non-hydrogen) atoms. The van der Waals surface area contributed by atoms with Crippen molar-refractivity contribution in [2.75, 3.05) is 5.32 Å². The van der Waals surface area contributed by atoms with Crippen molar-refractivity contribution in [3.05, 3.63) is 87.6 Å². The summed E-state index contributed by atoms with van der Waals surface area (Å²) in [7, 11) is 0. The third-order valence-electron chi connectivity index (χ3n) is 4.33. The predicted molar refractivity (Wildman–Crippen MR) is 110 cm³/mol. The summed E-state index contributed by atoms with van der Waals surface area (Å²) in [5.41, 5.74) is 4.34. The van der Waals surface area contributed by atoms with Gasteiger partial charge >= 0.3 is 0 Å². The van der Waals surface area contributed by atoms with Gasteiger partial charge in [0.2, 0.25) is 5.91 Å². The zero-order valence-electron chi connectivity index (χ0n) is 15.3. The Balaban J connectivity index is 1.75. The summed E-state index contributed by atoms with van der Waals surface area (Å²) >= 11 is 1.70. The second kappa shape index (κ2) is 8.30. The molecular formula is C22H24N2OS. The van der Waals surface area contributed by atoms with Gasteiger partial charge in [0.25, 0.3) is 0 Å². The lowest BCUT2D eigenvalue weighted by Crippen LogP contribution is -2.40. The first-order valence-corrected chi connectivity index (χ1v) is 9.64. The number of rotatable bonds is 6. The van der Waals surface area contributed by atoms with Crippen LogP contribution in [0.5, 0.6) is 0 Å². The van der Waals surface area contributed by atoms with Crippen molar-refractivity contribution >= 4 is 22.9 Å². The lowest BCUT2D eigenvalue weighted by molar-refractivity contribution is -0.117. The average Bonchev–Trinajstić information content (AvgIpc) is 3.14. The van der Waals surface area contributed by atoms with Gasteiger partial charge in [-0.1, -0.05) is 48.0 Å². The number of aryl methyl sites for hydroxylation is 2. The molecule has 1 amide bonds. The monoisotopic (exact) mass is 364 g/mol. The first-order chi connectivity index (χ1) is 12.5. The van der Waals surface area contributed by atoms with Crippen LogP contribution in [0.3, 0.4) is 0 Å². The highest BCUT2D eigenvalue weighted by atomic mass is 32.1. The Morgan fingerprint density at radius 1 is 0.962 bits per heavy atom. The number of hydrogen-bond acceptors (Lipinski definition) is 3. The van der Waals surface area contributed by atoms with Crippen LogP contribution in [0.15, 0.2) is 66.0 Å².